The molecule has 3 heteroatoms. The predicted molar refractivity (Wildman–Crippen MR) is 60.1 cm³/mol. The molecule has 0 aromatic carbocycles. The second-order valence-electron chi connectivity index (χ2n) is 3.47. The van der Waals surface area contributed by atoms with Crippen LogP contribution in [-0.4, -0.2) is 16.7 Å². The molecule has 1 N–H and O–H groups in total. The average molecular weight is 207 g/mol. The number of aliphatic hydroxyl groups is 1. The normalized spacial score (nSPS) is 10.1. The van der Waals surface area contributed by atoms with Crippen LogP contribution in [0.3, 0.4) is 0 Å². The van der Waals surface area contributed by atoms with Crippen molar-refractivity contribution in [3.05, 3.63) is 35.2 Å². The molecule has 0 saturated carbocycles. The van der Waals surface area contributed by atoms with Gasteiger partial charge in [-0.15, -0.1) is 0 Å². The van der Waals surface area contributed by atoms with Gasteiger partial charge in [0.05, 0.1) is 6.61 Å². The number of aromatic nitrogens is 1. The minimum absolute atomic E-state index is 0.0492. The Morgan fingerprint density at radius 2 is 2.00 bits per heavy atom. The van der Waals surface area contributed by atoms with Crippen LogP contribution in [-0.2, 0) is 6.61 Å². The zero-order chi connectivity index (χ0) is 11.4. The van der Waals surface area contributed by atoms with E-state index in [-0.39, 0.29) is 6.61 Å². The van der Waals surface area contributed by atoms with E-state index < -0.39 is 0 Å². The molecule has 0 spiro atoms. The summed E-state index contributed by atoms with van der Waals surface area (Å²) in [5, 5.41) is 9.27. The highest BCUT2D eigenvalue weighted by molar-refractivity contribution is 5.44. The van der Waals surface area contributed by atoms with Crippen LogP contribution in [0.25, 0.3) is 0 Å². The van der Waals surface area contributed by atoms with Gasteiger partial charge in [-0.3, -0.25) is 4.98 Å². The van der Waals surface area contributed by atoms with Crippen LogP contribution in [0.1, 0.15) is 22.5 Å². The van der Waals surface area contributed by atoms with E-state index >= 15 is 0 Å². The first kappa shape index (κ1) is 11.7. The van der Waals surface area contributed by atoms with Gasteiger partial charge in [-0.2, -0.15) is 0 Å². The summed E-state index contributed by atoms with van der Waals surface area (Å²) in [6, 6.07) is 0. The van der Waals surface area contributed by atoms with Crippen molar-refractivity contribution < 1.29 is 9.84 Å². The standard InChI is InChI=1S/C12H17NO2/c1-5-6-15-12-8(2)9(3)13-10(4)11(12)7-14/h5,14H,1,6-7H2,2-4H3. The van der Waals surface area contributed by atoms with Gasteiger partial charge < -0.3 is 9.84 Å². The second-order valence-corrected chi connectivity index (χ2v) is 3.47. The Balaban J connectivity index is 3.23. The molecule has 0 fully saturated rings. The van der Waals surface area contributed by atoms with Crippen molar-refractivity contribution >= 4 is 0 Å². The lowest BCUT2D eigenvalue weighted by molar-refractivity contribution is 0.267. The van der Waals surface area contributed by atoms with Crippen LogP contribution in [0, 0.1) is 20.8 Å². The van der Waals surface area contributed by atoms with Crippen LogP contribution in [0.15, 0.2) is 12.7 Å². The molecule has 0 radical (unpaired) electrons. The van der Waals surface area contributed by atoms with Crippen LogP contribution in [0.5, 0.6) is 5.75 Å². The van der Waals surface area contributed by atoms with Gasteiger partial charge in [0.25, 0.3) is 0 Å². The minimum Gasteiger partial charge on any atom is -0.489 e. The third-order valence-electron chi connectivity index (χ3n) is 2.43. The fraction of sp³-hybridized carbons (Fsp3) is 0.417. The Morgan fingerprint density at radius 3 is 2.53 bits per heavy atom. The monoisotopic (exact) mass is 207 g/mol. The van der Waals surface area contributed by atoms with E-state index in [0.717, 1.165) is 28.3 Å². The van der Waals surface area contributed by atoms with E-state index in [9.17, 15) is 5.11 Å². The maximum absolute atomic E-state index is 9.27. The summed E-state index contributed by atoms with van der Waals surface area (Å²) in [6.07, 6.45) is 1.69. The maximum Gasteiger partial charge on any atom is 0.131 e. The summed E-state index contributed by atoms with van der Waals surface area (Å²) in [4.78, 5) is 4.35. The second kappa shape index (κ2) is 4.94. The summed E-state index contributed by atoms with van der Waals surface area (Å²) in [5.74, 6) is 0.738. The molecule has 0 aliphatic heterocycles. The summed E-state index contributed by atoms with van der Waals surface area (Å²) >= 11 is 0. The molecule has 82 valence electrons. The molecule has 1 rings (SSSR count). The molecule has 15 heavy (non-hydrogen) atoms. The SMILES string of the molecule is C=CCOc1c(C)c(C)nc(C)c1CO. The van der Waals surface area contributed by atoms with Crippen LogP contribution in [0.2, 0.25) is 0 Å². The lowest BCUT2D eigenvalue weighted by atomic mass is 10.1. The zero-order valence-corrected chi connectivity index (χ0v) is 9.50. The third kappa shape index (κ3) is 2.36. The number of aryl methyl sites for hydroxylation is 2. The highest BCUT2D eigenvalue weighted by Crippen LogP contribution is 2.27. The van der Waals surface area contributed by atoms with Crippen LogP contribution in [0.4, 0.5) is 0 Å². The first-order chi connectivity index (χ1) is 7.11. The van der Waals surface area contributed by atoms with E-state index in [1.54, 1.807) is 6.08 Å². The van der Waals surface area contributed by atoms with Gasteiger partial charge >= 0.3 is 0 Å². The lowest BCUT2D eigenvalue weighted by Gasteiger charge is -2.15. The van der Waals surface area contributed by atoms with Gasteiger partial charge in [-0.1, -0.05) is 12.7 Å². The summed E-state index contributed by atoms with van der Waals surface area (Å²) in [7, 11) is 0. The average Bonchev–Trinajstić information content (AvgIpc) is 2.21. The molecule has 0 aliphatic rings. The Kier molecular flexibility index (Phi) is 3.86. The molecular weight excluding hydrogens is 190 g/mol. The van der Waals surface area contributed by atoms with Crippen molar-refractivity contribution in [1.29, 1.82) is 0 Å². The number of hydrogen-bond donors (Lipinski definition) is 1. The number of aliphatic hydroxyl groups excluding tert-OH is 1. The first-order valence-electron chi connectivity index (χ1n) is 4.93. The lowest BCUT2D eigenvalue weighted by Crippen LogP contribution is -2.05. The van der Waals surface area contributed by atoms with E-state index in [4.69, 9.17) is 4.74 Å². The van der Waals surface area contributed by atoms with Gasteiger partial charge in [0, 0.05) is 22.5 Å². The Labute approximate surface area is 90.4 Å². The van der Waals surface area contributed by atoms with Gasteiger partial charge in [0.1, 0.15) is 12.4 Å². The van der Waals surface area contributed by atoms with E-state index in [1.165, 1.54) is 0 Å². The molecule has 3 nitrogen and oxygen atoms in total. The van der Waals surface area contributed by atoms with Gasteiger partial charge in [-0.05, 0) is 20.8 Å². The number of ether oxygens (including phenoxy) is 1. The van der Waals surface area contributed by atoms with Gasteiger partial charge in [0.15, 0.2) is 0 Å². The van der Waals surface area contributed by atoms with E-state index in [1.807, 2.05) is 20.8 Å². The summed E-state index contributed by atoms with van der Waals surface area (Å²) in [6.45, 7) is 9.75. The highest BCUT2D eigenvalue weighted by atomic mass is 16.5. The molecule has 1 heterocycles. The molecule has 1 aromatic heterocycles. The Hall–Kier alpha value is -1.35. The fourth-order valence-corrected chi connectivity index (χ4v) is 1.48. The van der Waals surface area contributed by atoms with Crippen molar-refractivity contribution in [2.24, 2.45) is 0 Å². The van der Waals surface area contributed by atoms with Crippen LogP contribution >= 0.6 is 0 Å². The van der Waals surface area contributed by atoms with Crippen molar-refractivity contribution in [3.63, 3.8) is 0 Å². The number of rotatable bonds is 4. The Bertz CT molecular complexity index is 372. The molecule has 0 bridgehead atoms. The third-order valence-corrected chi connectivity index (χ3v) is 2.43. The largest absolute Gasteiger partial charge is 0.489 e. The summed E-state index contributed by atoms with van der Waals surface area (Å²) in [5.41, 5.74) is 3.50. The van der Waals surface area contributed by atoms with Crippen LogP contribution < -0.4 is 4.74 Å². The van der Waals surface area contributed by atoms with E-state index in [0.29, 0.717) is 6.61 Å². The van der Waals surface area contributed by atoms with Gasteiger partial charge in [-0.25, -0.2) is 0 Å². The van der Waals surface area contributed by atoms with Crippen molar-refractivity contribution in [2.45, 2.75) is 27.4 Å². The molecule has 0 amide bonds. The quantitative estimate of drug-likeness (QED) is 0.768. The fourth-order valence-electron chi connectivity index (χ4n) is 1.48. The minimum atomic E-state index is -0.0492. The number of pyridine rings is 1. The number of hydrogen-bond acceptors (Lipinski definition) is 3. The predicted octanol–water partition coefficient (Wildman–Crippen LogP) is 2.06. The molecule has 0 saturated heterocycles. The topological polar surface area (TPSA) is 42.4 Å². The summed E-state index contributed by atoms with van der Waals surface area (Å²) < 4.78 is 5.55. The molecule has 0 unspecified atom stereocenters. The Morgan fingerprint density at radius 1 is 1.33 bits per heavy atom. The van der Waals surface area contributed by atoms with E-state index in [2.05, 4.69) is 11.6 Å². The molecule has 1 aromatic rings. The van der Waals surface area contributed by atoms with Gasteiger partial charge in [0.2, 0.25) is 0 Å². The van der Waals surface area contributed by atoms with Crippen molar-refractivity contribution in [2.75, 3.05) is 6.61 Å². The molecule has 0 aliphatic carbocycles. The van der Waals surface area contributed by atoms with Crippen molar-refractivity contribution in [1.82, 2.24) is 4.98 Å². The highest BCUT2D eigenvalue weighted by Gasteiger charge is 2.13. The molecular formula is C12H17NO2. The smallest absolute Gasteiger partial charge is 0.131 e. The molecule has 0 atom stereocenters. The first-order valence-corrected chi connectivity index (χ1v) is 4.93. The maximum atomic E-state index is 9.27. The van der Waals surface area contributed by atoms with Crippen molar-refractivity contribution in [3.8, 4) is 5.75 Å². The number of nitrogens with zero attached hydrogens (tertiary/aromatic N) is 1. The zero-order valence-electron chi connectivity index (χ0n) is 9.50.